The number of carbonyl (C=O) groups excluding carboxylic acids is 2. The van der Waals surface area contributed by atoms with Crippen molar-refractivity contribution >= 4 is 11.8 Å². The molecule has 1 aromatic rings. The number of rotatable bonds is 8. The first kappa shape index (κ1) is 16.2. The molecule has 0 aliphatic carbocycles. The molecule has 5 nitrogen and oxygen atoms in total. The summed E-state index contributed by atoms with van der Waals surface area (Å²) in [7, 11) is 0. The van der Waals surface area contributed by atoms with Crippen molar-refractivity contribution < 1.29 is 9.59 Å². The first-order valence-corrected chi connectivity index (χ1v) is 6.95. The highest BCUT2D eigenvalue weighted by molar-refractivity contribution is 5.83. The fourth-order valence-electron chi connectivity index (χ4n) is 1.60. The van der Waals surface area contributed by atoms with Crippen molar-refractivity contribution in [2.75, 3.05) is 13.1 Å². The zero-order valence-electron chi connectivity index (χ0n) is 12.1. The van der Waals surface area contributed by atoms with Crippen LogP contribution in [-0.4, -0.2) is 30.9 Å². The van der Waals surface area contributed by atoms with Crippen LogP contribution in [0.25, 0.3) is 0 Å². The van der Waals surface area contributed by atoms with Crippen LogP contribution in [0.4, 0.5) is 0 Å². The molecule has 1 aromatic carbocycles. The van der Waals surface area contributed by atoms with Gasteiger partial charge in [0, 0.05) is 13.1 Å². The molecule has 0 radical (unpaired) electrons. The molecule has 0 aromatic heterocycles. The molecule has 0 aliphatic rings. The smallest absolute Gasteiger partial charge is 0.236 e. The van der Waals surface area contributed by atoms with Gasteiger partial charge in [0.15, 0.2) is 0 Å². The van der Waals surface area contributed by atoms with Crippen LogP contribution >= 0.6 is 0 Å². The summed E-state index contributed by atoms with van der Waals surface area (Å²) in [4.78, 5) is 23.2. The van der Waals surface area contributed by atoms with Gasteiger partial charge in [0.25, 0.3) is 0 Å². The van der Waals surface area contributed by atoms with Crippen molar-refractivity contribution in [2.24, 2.45) is 0 Å². The van der Waals surface area contributed by atoms with Crippen LogP contribution in [0.2, 0.25) is 0 Å². The number of nitrogens with one attached hydrogen (secondary N) is 3. The van der Waals surface area contributed by atoms with E-state index in [0.29, 0.717) is 13.1 Å². The Morgan fingerprint density at radius 1 is 1.15 bits per heavy atom. The van der Waals surface area contributed by atoms with Crippen molar-refractivity contribution in [3.63, 3.8) is 0 Å². The summed E-state index contributed by atoms with van der Waals surface area (Å²) in [6.07, 6.45) is 0.899. The minimum absolute atomic E-state index is 0.0808. The van der Waals surface area contributed by atoms with Gasteiger partial charge in [0.1, 0.15) is 0 Å². The minimum atomic E-state index is -0.371. The van der Waals surface area contributed by atoms with Crippen LogP contribution in [0, 0.1) is 0 Å². The molecule has 0 saturated heterocycles. The Morgan fingerprint density at radius 2 is 1.85 bits per heavy atom. The highest BCUT2D eigenvalue weighted by Crippen LogP contribution is 1.96. The number of hydrogen-bond donors (Lipinski definition) is 3. The largest absolute Gasteiger partial charge is 0.355 e. The van der Waals surface area contributed by atoms with E-state index in [-0.39, 0.29) is 24.4 Å². The maximum absolute atomic E-state index is 11.7. The Morgan fingerprint density at radius 3 is 2.50 bits per heavy atom. The molecule has 1 atom stereocenters. The second kappa shape index (κ2) is 9.09. The summed E-state index contributed by atoms with van der Waals surface area (Å²) in [5.41, 5.74) is 1.05. The zero-order valence-corrected chi connectivity index (χ0v) is 12.1. The average molecular weight is 277 g/mol. The molecule has 2 amide bonds. The van der Waals surface area contributed by atoms with E-state index in [1.165, 1.54) is 0 Å². The first-order valence-electron chi connectivity index (χ1n) is 6.95. The molecule has 20 heavy (non-hydrogen) atoms. The second-order valence-electron chi connectivity index (χ2n) is 4.66. The van der Waals surface area contributed by atoms with Gasteiger partial charge in [-0.05, 0) is 18.9 Å². The molecule has 110 valence electrons. The highest BCUT2D eigenvalue weighted by Gasteiger charge is 2.12. The molecule has 0 bridgehead atoms. The average Bonchev–Trinajstić information content (AvgIpc) is 2.49. The molecule has 1 unspecified atom stereocenters. The number of hydrogen-bond acceptors (Lipinski definition) is 3. The standard InChI is InChI=1S/C15H23N3O2/c1-3-9-16-15(20)12(2)17-11-14(19)18-10-13-7-5-4-6-8-13/h4-8,12,17H,3,9-11H2,1-2H3,(H,16,20)(H,18,19). The lowest BCUT2D eigenvalue weighted by Crippen LogP contribution is -2.46. The van der Waals surface area contributed by atoms with Gasteiger partial charge in [-0.1, -0.05) is 37.3 Å². The van der Waals surface area contributed by atoms with Crippen LogP contribution in [0.3, 0.4) is 0 Å². The summed E-state index contributed by atoms with van der Waals surface area (Å²) >= 11 is 0. The van der Waals surface area contributed by atoms with E-state index in [9.17, 15) is 9.59 Å². The van der Waals surface area contributed by atoms with Gasteiger partial charge in [-0.25, -0.2) is 0 Å². The molecular weight excluding hydrogens is 254 g/mol. The zero-order chi connectivity index (χ0) is 14.8. The molecule has 0 aliphatic heterocycles. The molecule has 1 rings (SSSR count). The summed E-state index contributed by atoms with van der Waals surface area (Å²) < 4.78 is 0. The summed E-state index contributed by atoms with van der Waals surface area (Å²) in [6.45, 7) is 5.03. The predicted molar refractivity (Wildman–Crippen MR) is 79.1 cm³/mol. The number of benzene rings is 1. The van der Waals surface area contributed by atoms with Crippen LogP contribution in [0.1, 0.15) is 25.8 Å². The topological polar surface area (TPSA) is 70.2 Å². The maximum atomic E-state index is 11.7. The first-order chi connectivity index (χ1) is 9.63. The molecule has 0 spiro atoms. The van der Waals surface area contributed by atoms with Crippen molar-refractivity contribution in [1.82, 2.24) is 16.0 Å². The third kappa shape index (κ3) is 6.33. The van der Waals surface area contributed by atoms with Crippen molar-refractivity contribution in [3.8, 4) is 0 Å². The van der Waals surface area contributed by atoms with E-state index < -0.39 is 0 Å². The lowest BCUT2D eigenvalue weighted by atomic mass is 10.2. The quantitative estimate of drug-likeness (QED) is 0.658. The van der Waals surface area contributed by atoms with Gasteiger partial charge in [0.05, 0.1) is 12.6 Å². The van der Waals surface area contributed by atoms with E-state index in [1.807, 2.05) is 37.3 Å². The van der Waals surface area contributed by atoms with Crippen molar-refractivity contribution in [3.05, 3.63) is 35.9 Å². The van der Waals surface area contributed by atoms with Crippen molar-refractivity contribution in [2.45, 2.75) is 32.9 Å². The Labute approximate surface area is 120 Å². The molecule has 5 heteroatoms. The number of amides is 2. The predicted octanol–water partition coefficient (Wildman–Crippen LogP) is 0.807. The normalized spacial score (nSPS) is 11.7. The Hall–Kier alpha value is -1.88. The SMILES string of the molecule is CCCNC(=O)C(C)NCC(=O)NCc1ccccc1. The van der Waals surface area contributed by atoms with Gasteiger partial charge in [-0.15, -0.1) is 0 Å². The maximum Gasteiger partial charge on any atom is 0.236 e. The van der Waals surface area contributed by atoms with Gasteiger partial charge in [0.2, 0.25) is 11.8 Å². The molecule has 0 saturated carbocycles. The highest BCUT2D eigenvalue weighted by atomic mass is 16.2. The lowest BCUT2D eigenvalue weighted by molar-refractivity contribution is -0.123. The van der Waals surface area contributed by atoms with E-state index in [1.54, 1.807) is 6.92 Å². The molecule has 0 heterocycles. The lowest BCUT2D eigenvalue weighted by Gasteiger charge is -2.13. The number of carbonyl (C=O) groups is 2. The molecule has 3 N–H and O–H groups in total. The third-order valence-corrected chi connectivity index (χ3v) is 2.84. The molecule has 0 fully saturated rings. The monoisotopic (exact) mass is 277 g/mol. The Kier molecular flexibility index (Phi) is 7.35. The van der Waals surface area contributed by atoms with Crippen molar-refractivity contribution in [1.29, 1.82) is 0 Å². The van der Waals surface area contributed by atoms with Crippen LogP contribution in [0.5, 0.6) is 0 Å². The van der Waals surface area contributed by atoms with Gasteiger partial charge < -0.3 is 10.6 Å². The van der Waals surface area contributed by atoms with Crippen LogP contribution < -0.4 is 16.0 Å². The Bertz CT molecular complexity index is 420. The fraction of sp³-hybridized carbons (Fsp3) is 0.467. The third-order valence-electron chi connectivity index (χ3n) is 2.84. The summed E-state index contributed by atoms with van der Waals surface area (Å²) in [6, 6.07) is 9.33. The fourth-order valence-corrected chi connectivity index (χ4v) is 1.60. The van der Waals surface area contributed by atoms with E-state index in [0.717, 1.165) is 12.0 Å². The molecular formula is C15H23N3O2. The van der Waals surface area contributed by atoms with E-state index in [2.05, 4.69) is 16.0 Å². The van der Waals surface area contributed by atoms with Gasteiger partial charge >= 0.3 is 0 Å². The van der Waals surface area contributed by atoms with E-state index >= 15 is 0 Å². The minimum Gasteiger partial charge on any atom is -0.355 e. The summed E-state index contributed by atoms with van der Waals surface area (Å²) in [5, 5.41) is 8.49. The van der Waals surface area contributed by atoms with Gasteiger partial charge in [-0.3, -0.25) is 14.9 Å². The van der Waals surface area contributed by atoms with Crippen LogP contribution in [0.15, 0.2) is 30.3 Å². The summed E-state index contributed by atoms with van der Waals surface area (Å²) in [5.74, 6) is -0.202. The second-order valence-corrected chi connectivity index (χ2v) is 4.66. The Balaban J connectivity index is 2.21. The van der Waals surface area contributed by atoms with Crippen LogP contribution in [-0.2, 0) is 16.1 Å². The van der Waals surface area contributed by atoms with E-state index in [4.69, 9.17) is 0 Å². The van der Waals surface area contributed by atoms with Gasteiger partial charge in [-0.2, -0.15) is 0 Å².